The van der Waals surface area contributed by atoms with Gasteiger partial charge in [-0.05, 0) is 69.3 Å². The number of carboxylic acids is 1. The molecule has 1 N–H and O–H groups in total. The lowest BCUT2D eigenvalue weighted by molar-refractivity contribution is -0.137. The second-order valence-electron chi connectivity index (χ2n) is 6.91. The summed E-state index contributed by atoms with van der Waals surface area (Å²) in [5, 5.41) is 9.13. The predicted molar refractivity (Wildman–Crippen MR) is 83.7 cm³/mol. The summed E-state index contributed by atoms with van der Waals surface area (Å²) < 4.78 is 0. The molecule has 0 aromatic heterocycles. The molecule has 1 aromatic carbocycles. The summed E-state index contributed by atoms with van der Waals surface area (Å²) in [5.41, 5.74) is 2.60. The highest BCUT2D eigenvalue weighted by atomic mass is 16.4. The molecular formula is C18H25NO2. The first-order valence-electron chi connectivity index (χ1n) is 8.10. The van der Waals surface area contributed by atoms with Gasteiger partial charge in [-0.3, -0.25) is 4.79 Å². The molecular weight excluding hydrogens is 262 g/mol. The van der Waals surface area contributed by atoms with E-state index < -0.39 is 5.97 Å². The van der Waals surface area contributed by atoms with Crippen molar-refractivity contribution in [3.8, 4) is 0 Å². The molecule has 0 amide bonds. The molecule has 2 fully saturated rings. The molecule has 114 valence electrons. The Morgan fingerprint density at radius 3 is 2.86 bits per heavy atom. The molecule has 1 saturated carbocycles. The Balaban J connectivity index is 1.78. The maximum Gasteiger partial charge on any atom is 0.304 e. The van der Waals surface area contributed by atoms with Gasteiger partial charge in [0, 0.05) is 5.41 Å². The number of carbonyl (C=O) groups is 1. The van der Waals surface area contributed by atoms with E-state index in [2.05, 4.69) is 36.2 Å². The number of hydrogen-bond acceptors (Lipinski definition) is 2. The third-order valence-electron chi connectivity index (χ3n) is 5.27. The first kappa shape index (κ1) is 14.6. The van der Waals surface area contributed by atoms with Crippen molar-refractivity contribution < 1.29 is 9.90 Å². The van der Waals surface area contributed by atoms with Gasteiger partial charge in [-0.15, -0.1) is 0 Å². The molecule has 2 aliphatic rings. The molecule has 0 bridgehead atoms. The average Bonchev–Trinajstić information content (AvgIpc) is 3.24. The number of likely N-dealkylation sites (tertiary alicyclic amines) is 1. The van der Waals surface area contributed by atoms with Crippen LogP contribution in [0.5, 0.6) is 0 Å². The van der Waals surface area contributed by atoms with E-state index in [1.165, 1.54) is 36.9 Å². The van der Waals surface area contributed by atoms with E-state index in [0.717, 1.165) is 19.4 Å². The van der Waals surface area contributed by atoms with Crippen LogP contribution in [-0.4, -0.2) is 36.1 Å². The molecule has 21 heavy (non-hydrogen) atoms. The number of hydrogen-bond donors (Lipinski definition) is 1. The highest BCUT2D eigenvalue weighted by molar-refractivity contribution is 5.70. The van der Waals surface area contributed by atoms with E-state index in [9.17, 15) is 4.79 Å². The molecule has 1 aliphatic heterocycles. The number of benzene rings is 1. The van der Waals surface area contributed by atoms with Crippen LogP contribution in [0.4, 0.5) is 0 Å². The molecule has 1 unspecified atom stereocenters. The Kier molecular flexibility index (Phi) is 4.03. The molecule has 3 nitrogen and oxygen atoms in total. The van der Waals surface area contributed by atoms with E-state index in [1.54, 1.807) is 0 Å². The third kappa shape index (κ3) is 3.29. The van der Waals surface area contributed by atoms with Crippen molar-refractivity contribution in [1.82, 2.24) is 4.90 Å². The van der Waals surface area contributed by atoms with Gasteiger partial charge in [-0.1, -0.05) is 24.3 Å². The van der Waals surface area contributed by atoms with Gasteiger partial charge in [-0.25, -0.2) is 0 Å². The van der Waals surface area contributed by atoms with Crippen molar-refractivity contribution >= 4 is 5.97 Å². The minimum Gasteiger partial charge on any atom is -0.481 e. The van der Waals surface area contributed by atoms with Crippen LogP contribution in [0.3, 0.4) is 0 Å². The fourth-order valence-electron chi connectivity index (χ4n) is 3.70. The van der Waals surface area contributed by atoms with Crippen LogP contribution in [-0.2, 0) is 10.2 Å². The summed E-state index contributed by atoms with van der Waals surface area (Å²) in [4.78, 5) is 13.5. The summed E-state index contributed by atoms with van der Waals surface area (Å²) in [6.07, 6.45) is 6.05. The monoisotopic (exact) mass is 287 g/mol. The Bertz CT molecular complexity index is 522. The summed E-state index contributed by atoms with van der Waals surface area (Å²) in [7, 11) is 2.20. The maximum absolute atomic E-state index is 11.1. The summed E-state index contributed by atoms with van der Waals surface area (Å²) in [6.45, 7) is 2.36. The van der Waals surface area contributed by atoms with E-state index in [1.807, 2.05) is 0 Å². The first-order chi connectivity index (χ1) is 10.1. The highest BCUT2D eigenvalue weighted by Gasteiger charge is 2.46. The predicted octanol–water partition coefficient (Wildman–Crippen LogP) is 3.39. The van der Waals surface area contributed by atoms with Gasteiger partial charge in [0.1, 0.15) is 0 Å². The van der Waals surface area contributed by atoms with Gasteiger partial charge in [-0.2, -0.15) is 0 Å². The molecule has 3 rings (SSSR count). The zero-order valence-electron chi connectivity index (χ0n) is 12.8. The third-order valence-corrected chi connectivity index (χ3v) is 5.27. The van der Waals surface area contributed by atoms with E-state index in [4.69, 9.17) is 5.11 Å². The average molecular weight is 287 g/mol. The smallest absolute Gasteiger partial charge is 0.304 e. The molecule has 1 saturated heterocycles. The minimum absolute atomic E-state index is 0.0661. The van der Waals surface area contributed by atoms with Gasteiger partial charge in [0.05, 0.1) is 6.42 Å². The zero-order chi connectivity index (χ0) is 14.9. The largest absolute Gasteiger partial charge is 0.481 e. The quantitative estimate of drug-likeness (QED) is 0.922. The fourth-order valence-corrected chi connectivity index (χ4v) is 3.70. The van der Waals surface area contributed by atoms with Crippen LogP contribution in [0.15, 0.2) is 24.3 Å². The Morgan fingerprint density at radius 1 is 1.33 bits per heavy atom. The van der Waals surface area contributed by atoms with Crippen molar-refractivity contribution in [2.24, 2.45) is 0 Å². The molecule has 1 atom stereocenters. The van der Waals surface area contributed by atoms with Gasteiger partial charge >= 0.3 is 5.97 Å². The fraction of sp³-hybridized carbons (Fsp3) is 0.611. The van der Waals surface area contributed by atoms with Gasteiger partial charge in [0.15, 0.2) is 0 Å². The second kappa shape index (κ2) is 5.80. The van der Waals surface area contributed by atoms with Crippen LogP contribution in [0, 0.1) is 0 Å². The Hall–Kier alpha value is -1.35. The minimum atomic E-state index is -0.672. The van der Waals surface area contributed by atoms with Crippen molar-refractivity contribution in [2.45, 2.75) is 49.9 Å². The van der Waals surface area contributed by atoms with Crippen molar-refractivity contribution in [2.75, 3.05) is 20.1 Å². The van der Waals surface area contributed by atoms with E-state index >= 15 is 0 Å². The van der Waals surface area contributed by atoms with Gasteiger partial charge in [0.25, 0.3) is 0 Å². The highest BCUT2D eigenvalue weighted by Crippen LogP contribution is 2.51. The molecule has 0 spiro atoms. The van der Waals surface area contributed by atoms with E-state index in [0.29, 0.717) is 5.92 Å². The maximum atomic E-state index is 11.1. The molecule has 1 aliphatic carbocycles. The summed E-state index contributed by atoms with van der Waals surface area (Å²) in [6, 6.07) is 8.78. The SMILES string of the molecule is CN1CCCC(c2cccc(C3(CC(=O)O)CC3)c2)CC1. The first-order valence-corrected chi connectivity index (χ1v) is 8.10. The van der Waals surface area contributed by atoms with E-state index in [-0.39, 0.29) is 11.8 Å². The lowest BCUT2D eigenvalue weighted by Gasteiger charge is -2.19. The van der Waals surface area contributed by atoms with Gasteiger partial charge < -0.3 is 10.0 Å². The lowest BCUT2D eigenvalue weighted by atomic mass is 9.86. The normalized spacial score (nSPS) is 25.3. The van der Waals surface area contributed by atoms with Crippen LogP contribution in [0.1, 0.15) is 55.6 Å². The summed E-state index contributed by atoms with van der Waals surface area (Å²) in [5.74, 6) is -0.0375. The Labute approximate surface area is 127 Å². The number of nitrogens with zero attached hydrogens (tertiary/aromatic N) is 1. The second-order valence-corrected chi connectivity index (χ2v) is 6.91. The van der Waals surface area contributed by atoms with Crippen molar-refractivity contribution in [3.05, 3.63) is 35.4 Å². The van der Waals surface area contributed by atoms with Crippen LogP contribution < -0.4 is 0 Å². The topological polar surface area (TPSA) is 40.5 Å². The van der Waals surface area contributed by atoms with Crippen molar-refractivity contribution in [3.63, 3.8) is 0 Å². The van der Waals surface area contributed by atoms with Gasteiger partial charge in [0.2, 0.25) is 0 Å². The van der Waals surface area contributed by atoms with Crippen LogP contribution in [0.2, 0.25) is 0 Å². The zero-order valence-corrected chi connectivity index (χ0v) is 12.8. The molecule has 3 heteroatoms. The standard InChI is InChI=1S/C18H25NO2/c1-19-10-3-5-14(7-11-19)15-4-2-6-16(12-15)18(8-9-18)13-17(20)21/h2,4,6,12,14H,3,5,7-11,13H2,1H3,(H,20,21). The number of rotatable bonds is 4. The van der Waals surface area contributed by atoms with Crippen LogP contribution in [0.25, 0.3) is 0 Å². The summed E-state index contributed by atoms with van der Waals surface area (Å²) >= 11 is 0. The molecule has 1 aromatic rings. The number of aliphatic carboxylic acids is 1. The number of carboxylic acid groups (broad SMARTS) is 1. The molecule has 0 radical (unpaired) electrons. The lowest BCUT2D eigenvalue weighted by Crippen LogP contribution is -2.18. The van der Waals surface area contributed by atoms with Crippen molar-refractivity contribution in [1.29, 1.82) is 0 Å². The molecule has 1 heterocycles. The van der Waals surface area contributed by atoms with Crippen LogP contribution >= 0.6 is 0 Å². The Morgan fingerprint density at radius 2 is 2.14 bits per heavy atom.